The molecule has 706 valence electrons. The largest absolute Gasteiger partial charge is 0.0622 e. The summed E-state index contributed by atoms with van der Waals surface area (Å²) in [5, 5.41) is 20.4. The standard InChI is InChI=1S/C57H42.C55H38.C38H26/c1-56(2)50-19-11-9-15-42(50)44-26-23-37(32-52(44)56)54-46-17-7-8-18-47(46)55(38-24-27-45-43-16-10-12-20-51(43)57(3,4)53(45)33-38)49-31-35(22-28-48(49)54)34-21-25-41-39(29-34)30-36-13-5-6-14-40(36)41;1-55(2)51-18-10-9-15-45(51)46-29-28-44(34-52(46)55)54-48-17-8-7-16-47(48)53(38-23-19-37(20-24-38)41-25-21-35-11-3-5-13-39(35)31-41)50-33-43(27-30-49(50)54)42-26-22-36-12-4-6-14-40(36)32-42;1-4-12-27(13-5-1)29-20-22-31(23-21-29)38-34-19-11-10-18-33(34)37(30-16-8-3-9-17-30)35-25-24-32(26-36(35)38)28-14-6-2-7-15-28/h5-29,31-33H,30H2,1-4H3;3-34H,1-2H3;1-26H. The molecule has 26 aromatic carbocycles. The molecule has 30 rings (SSSR count). The first-order chi connectivity index (χ1) is 73.6. The third-order valence-electron chi connectivity index (χ3n) is 33.6. The van der Waals surface area contributed by atoms with E-state index in [2.05, 4.69) is 563 Å². The van der Waals surface area contributed by atoms with E-state index in [0.29, 0.717) is 0 Å². The maximum atomic E-state index is 2.50. The lowest BCUT2D eigenvalue weighted by molar-refractivity contribution is 0.660. The lowest BCUT2D eigenvalue weighted by Gasteiger charge is -2.24. The fraction of sp³-hybridized carbons (Fsp3) is 0.0667. The number of hydrogen-bond acceptors (Lipinski definition) is 0. The van der Waals surface area contributed by atoms with E-state index in [4.69, 9.17) is 0 Å². The second-order valence-corrected chi connectivity index (χ2v) is 43.0. The number of benzene rings is 26. The summed E-state index contributed by atoms with van der Waals surface area (Å²) < 4.78 is 0. The molecule has 0 aliphatic heterocycles. The second kappa shape index (κ2) is 35.6. The molecular weight excluding hydrogens is 1800 g/mol. The molecule has 0 N–H and O–H groups in total. The van der Waals surface area contributed by atoms with Gasteiger partial charge in [-0.25, -0.2) is 0 Å². The van der Waals surface area contributed by atoms with Crippen LogP contribution in [0.4, 0.5) is 0 Å². The van der Waals surface area contributed by atoms with Gasteiger partial charge in [0.2, 0.25) is 0 Å². The average molecular weight is 1910 g/mol. The van der Waals surface area contributed by atoms with Gasteiger partial charge in [-0.2, -0.15) is 0 Å². The summed E-state index contributed by atoms with van der Waals surface area (Å²) in [6.07, 6.45) is 0.985. The van der Waals surface area contributed by atoms with E-state index in [1.165, 1.54) is 298 Å². The van der Waals surface area contributed by atoms with E-state index in [1.807, 2.05) is 0 Å². The maximum Gasteiger partial charge on any atom is 0.0159 e. The topological polar surface area (TPSA) is 0 Å². The van der Waals surface area contributed by atoms with Gasteiger partial charge in [0.15, 0.2) is 0 Å². The van der Waals surface area contributed by atoms with Crippen molar-refractivity contribution in [1.29, 1.82) is 0 Å². The van der Waals surface area contributed by atoms with Crippen molar-refractivity contribution in [2.24, 2.45) is 0 Å². The van der Waals surface area contributed by atoms with E-state index in [0.717, 1.165) is 6.42 Å². The zero-order valence-corrected chi connectivity index (χ0v) is 84.9. The highest BCUT2D eigenvalue weighted by Crippen LogP contribution is 2.58. The van der Waals surface area contributed by atoms with Crippen molar-refractivity contribution in [2.75, 3.05) is 0 Å². The van der Waals surface area contributed by atoms with E-state index < -0.39 is 0 Å². The minimum absolute atomic E-state index is 0.0798. The zero-order valence-electron chi connectivity index (χ0n) is 84.9. The summed E-state index contributed by atoms with van der Waals surface area (Å²) in [5.41, 5.74) is 49.5. The Kier molecular flexibility index (Phi) is 21.2. The van der Waals surface area contributed by atoms with E-state index in [9.17, 15) is 0 Å². The molecule has 0 unspecified atom stereocenters. The quantitative estimate of drug-likeness (QED) is 0.113. The summed E-state index contributed by atoms with van der Waals surface area (Å²) in [7, 11) is 0. The molecule has 0 nitrogen and oxygen atoms in total. The van der Waals surface area contributed by atoms with Gasteiger partial charge in [-0.05, 0) is 353 Å². The SMILES string of the molecule is CC1(C)c2ccccc2-c2ccc(-c3c4ccccc4c(-c4ccc(-c5ccc6ccccc6c5)cc4)c4cc(-c5ccc6ccccc6c5)ccc34)cc21.CC1(C)c2ccccc2-c2ccc(-c3c4ccccc4c(-c4ccc5c(c4)C(C)(C)c4ccccc4-5)c4cc(-c5ccc6c(c5)Cc5ccccc5-6)ccc34)cc21.c1ccc(-c2ccc(-c3c4ccccc4c(-c4ccccc4)c4ccc(-c5ccccc5)cc34)cc2)cc1. The van der Waals surface area contributed by atoms with E-state index >= 15 is 0 Å². The van der Waals surface area contributed by atoms with Gasteiger partial charge >= 0.3 is 0 Å². The Labute approximate surface area is 876 Å². The normalized spacial score (nSPS) is 13.3. The van der Waals surface area contributed by atoms with Gasteiger partial charge < -0.3 is 0 Å². The van der Waals surface area contributed by atoms with Crippen LogP contribution in [0.15, 0.2) is 522 Å². The summed E-state index contributed by atoms with van der Waals surface area (Å²) in [4.78, 5) is 0. The lowest BCUT2D eigenvalue weighted by atomic mass is 9.79. The smallest absolute Gasteiger partial charge is 0.0159 e. The van der Waals surface area contributed by atoms with Crippen molar-refractivity contribution in [2.45, 2.75) is 64.2 Å². The van der Waals surface area contributed by atoms with Crippen molar-refractivity contribution < 1.29 is 0 Å². The minimum atomic E-state index is -0.0879. The van der Waals surface area contributed by atoms with Gasteiger partial charge in [0.1, 0.15) is 0 Å². The Hall–Kier alpha value is -18.2. The fourth-order valence-corrected chi connectivity index (χ4v) is 26.1. The Bertz CT molecular complexity index is 10000. The summed E-state index contributed by atoms with van der Waals surface area (Å²) in [6.45, 7) is 14.3. The molecule has 0 amide bonds. The van der Waals surface area contributed by atoms with Crippen LogP contribution in [0.3, 0.4) is 0 Å². The number of hydrogen-bond donors (Lipinski definition) is 0. The van der Waals surface area contributed by atoms with Crippen LogP contribution in [0.1, 0.15) is 86.1 Å². The van der Waals surface area contributed by atoms with Crippen molar-refractivity contribution in [3.63, 3.8) is 0 Å². The van der Waals surface area contributed by atoms with Crippen molar-refractivity contribution in [3.05, 3.63) is 566 Å². The second-order valence-electron chi connectivity index (χ2n) is 43.0. The van der Waals surface area contributed by atoms with Gasteiger partial charge in [-0.1, -0.05) is 515 Å². The Morgan fingerprint density at radius 2 is 0.340 bits per heavy atom. The molecule has 0 fully saturated rings. The monoisotopic (exact) mass is 1910 g/mol. The molecule has 0 saturated carbocycles. The third kappa shape index (κ3) is 14.8. The molecule has 0 heteroatoms. The minimum Gasteiger partial charge on any atom is -0.0622 e. The van der Waals surface area contributed by atoms with Crippen molar-refractivity contribution >= 4 is 86.2 Å². The van der Waals surface area contributed by atoms with Gasteiger partial charge in [0.25, 0.3) is 0 Å². The molecule has 0 aromatic heterocycles. The van der Waals surface area contributed by atoms with Crippen LogP contribution in [0.25, 0.3) is 253 Å². The third-order valence-corrected chi connectivity index (χ3v) is 33.6. The maximum absolute atomic E-state index is 2.50. The van der Waals surface area contributed by atoms with Crippen LogP contribution < -0.4 is 0 Å². The number of rotatable bonds is 11. The zero-order chi connectivity index (χ0) is 100. The molecule has 0 radical (unpaired) electrons. The number of fused-ring (bicyclic) bond motifs is 20. The van der Waals surface area contributed by atoms with E-state index in [-0.39, 0.29) is 16.2 Å². The molecule has 26 aromatic rings. The van der Waals surface area contributed by atoms with Gasteiger partial charge in [0.05, 0.1) is 0 Å². The van der Waals surface area contributed by atoms with Crippen LogP contribution in [0.5, 0.6) is 0 Å². The molecule has 0 heterocycles. The van der Waals surface area contributed by atoms with Gasteiger partial charge in [-0.15, -0.1) is 0 Å². The summed E-state index contributed by atoms with van der Waals surface area (Å²) in [6, 6.07) is 194. The van der Waals surface area contributed by atoms with Crippen molar-refractivity contribution in [3.8, 4) is 167 Å². The molecule has 4 aliphatic carbocycles. The molecular formula is C150H106. The highest BCUT2D eigenvalue weighted by atomic mass is 14.4. The first-order valence-corrected chi connectivity index (χ1v) is 52.9. The molecule has 0 spiro atoms. The average Bonchev–Trinajstić information content (AvgIpc) is 1.02. The van der Waals surface area contributed by atoms with Crippen LogP contribution >= 0.6 is 0 Å². The highest BCUT2D eigenvalue weighted by molar-refractivity contribution is 6.26. The predicted octanol–water partition coefficient (Wildman–Crippen LogP) is 41.1. The van der Waals surface area contributed by atoms with Crippen LogP contribution in [-0.4, -0.2) is 0 Å². The molecule has 0 atom stereocenters. The molecule has 4 aliphatic rings. The molecule has 0 saturated heterocycles. The summed E-state index contributed by atoms with van der Waals surface area (Å²) in [5.74, 6) is 0. The highest BCUT2D eigenvalue weighted by Gasteiger charge is 2.40. The molecule has 150 heavy (non-hydrogen) atoms. The Balaban J connectivity index is 0.000000110. The predicted molar refractivity (Wildman–Crippen MR) is 640 cm³/mol. The van der Waals surface area contributed by atoms with Crippen LogP contribution in [0, 0.1) is 0 Å². The van der Waals surface area contributed by atoms with Crippen LogP contribution in [0.2, 0.25) is 0 Å². The lowest BCUT2D eigenvalue weighted by Crippen LogP contribution is -2.15. The first kappa shape index (κ1) is 89.4. The van der Waals surface area contributed by atoms with Crippen molar-refractivity contribution in [1.82, 2.24) is 0 Å². The van der Waals surface area contributed by atoms with Gasteiger partial charge in [-0.3, -0.25) is 0 Å². The Morgan fingerprint density at radius 3 is 0.747 bits per heavy atom. The van der Waals surface area contributed by atoms with E-state index in [1.54, 1.807) is 0 Å². The van der Waals surface area contributed by atoms with Gasteiger partial charge in [0, 0.05) is 16.2 Å². The van der Waals surface area contributed by atoms with Crippen LogP contribution in [-0.2, 0) is 22.7 Å². The molecule has 0 bridgehead atoms. The Morgan fingerprint density at radius 1 is 0.120 bits per heavy atom. The summed E-state index contributed by atoms with van der Waals surface area (Å²) >= 11 is 0. The fourth-order valence-electron chi connectivity index (χ4n) is 26.1. The first-order valence-electron chi connectivity index (χ1n) is 52.9.